The summed E-state index contributed by atoms with van der Waals surface area (Å²) in [7, 11) is 0. The third-order valence-electron chi connectivity index (χ3n) is 3.11. The second-order valence-corrected chi connectivity index (χ2v) is 4.85. The van der Waals surface area contributed by atoms with Gasteiger partial charge in [0.25, 0.3) is 0 Å². The molecule has 2 aromatic rings. The van der Waals surface area contributed by atoms with Crippen molar-refractivity contribution in [2.75, 3.05) is 6.54 Å². The molecule has 0 aliphatic rings. The van der Waals surface area contributed by atoms with E-state index in [-0.39, 0.29) is 0 Å². The second kappa shape index (κ2) is 6.58. The van der Waals surface area contributed by atoms with E-state index in [0.717, 1.165) is 30.1 Å². The normalized spacial score (nSPS) is 10.6. The number of hydrogen-bond acceptors (Lipinski definition) is 1. The van der Waals surface area contributed by atoms with Crippen molar-refractivity contribution >= 4 is 11.6 Å². The third-order valence-corrected chi connectivity index (χ3v) is 3.47. The van der Waals surface area contributed by atoms with Crippen LogP contribution in [0.15, 0.2) is 48.5 Å². The molecule has 0 unspecified atom stereocenters. The van der Waals surface area contributed by atoms with Gasteiger partial charge in [0.15, 0.2) is 0 Å². The lowest BCUT2D eigenvalue weighted by atomic mass is 10.1. The van der Waals surface area contributed by atoms with Gasteiger partial charge in [-0.15, -0.1) is 0 Å². The molecule has 2 rings (SSSR count). The minimum Gasteiger partial charge on any atom is -0.312 e. The Kier molecular flexibility index (Phi) is 4.80. The minimum absolute atomic E-state index is 0.825. The summed E-state index contributed by atoms with van der Waals surface area (Å²) in [6.07, 6.45) is 1.05. The molecule has 0 saturated heterocycles. The fraction of sp³-hybridized carbons (Fsp3) is 0.250. The van der Waals surface area contributed by atoms with Gasteiger partial charge < -0.3 is 5.32 Å². The van der Waals surface area contributed by atoms with Crippen molar-refractivity contribution < 1.29 is 0 Å². The molecular formula is C16H18ClN. The van der Waals surface area contributed by atoms with Gasteiger partial charge in [-0.25, -0.2) is 0 Å². The van der Waals surface area contributed by atoms with Crippen molar-refractivity contribution in [3.05, 3.63) is 70.2 Å². The molecule has 0 spiro atoms. The number of halogens is 1. The predicted molar refractivity (Wildman–Crippen MR) is 78.0 cm³/mol. The Labute approximate surface area is 114 Å². The van der Waals surface area contributed by atoms with Crippen LogP contribution in [-0.4, -0.2) is 6.54 Å². The lowest BCUT2D eigenvalue weighted by Gasteiger charge is -2.08. The fourth-order valence-electron chi connectivity index (χ4n) is 1.98. The maximum atomic E-state index is 6.11. The second-order valence-electron chi connectivity index (χ2n) is 4.44. The molecule has 0 heterocycles. The molecule has 18 heavy (non-hydrogen) atoms. The van der Waals surface area contributed by atoms with Crippen LogP contribution in [0, 0.1) is 6.92 Å². The van der Waals surface area contributed by atoms with E-state index in [1.54, 1.807) is 0 Å². The molecule has 0 saturated carbocycles. The van der Waals surface area contributed by atoms with Gasteiger partial charge in [0.1, 0.15) is 0 Å². The third kappa shape index (κ3) is 3.59. The summed E-state index contributed by atoms with van der Waals surface area (Å²) < 4.78 is 0. The Balaban J connectivity index is 1.80. The summed E-state index contributed by atoms with van der Waals surface area (Å²) in [5.74, 6) is 0. The minimum atomic E-state index is 0.825. The van der Waals surface area contributed by atoms with E-state index in [1.165, 1.54) is 11.1 Å². The van der Waals surface area contributed by atoms with Gasteiger partial charge >= 0.3 is 0 Å². The van der Waals surface area contributed by atoms with Crippen LogP contribution in [0.2, 0.25) is 5.02 Å². The first-order valence-electron chi connectivity index (χ1n) is 6.26. The first-order valence-corrected chi connectivity index (χ1v) is 6.64. The number of benzene rings is 2. The quantitative estimate of drug-likeness (QED) is 0.801. The van der Waals surface area contributed by atoms with E-state index in [1.807, 2.05) is 18.2 Å². The van der Waals surface area contributed by atoms with E-state index >= 15 is 0 Å². The highest BCUT2D eigenvalue weighted by atomic mass is 35.5. The number of nitrogens with one attached hydrogen (secondary N) is 1. The zero-order chi connectivity index (χ0) is 12.8. The summed E-state index contributed by atoms with van der Waals surface area (Å²) in [6, 6.07) is 16.5. The van der Waals surface area contributed by atoms with Crippen LogP contribution < -0.4 is 5.32 Å². The Bertz CT molecular complexity index is 460. The van der Waals surface area contributed by atoms with Gasteiger partial charge in [-0.2, -0.15) is 0 Å². The zero-order valence-electron chi connectivity index (χ0n) is 10.6. The number of aryl methyl sites for hydroxylation is 1. The number of rotatable bonds is 5. The monoisotopic (exact) mass is 259 g/mol. The molecule has 0 bridgehead atoms. The lowest BCUT2D eigenvalue weighted by Crippen LogP contribution is -2.17. The van der Waals surface area contributed by atoms with Gasteiger partial charge in [-0.05, 0) is 42.6 Å². The van der Waals surface area contributed by atoms with E-state index < -0.39 is 0 Å². The summed E-state index contributed by atoms with van der Waals surface area (Å²) in [5, 5.41) is 4.27. The Morgan fingerprint density at radius 3 is 2.33 bits per heavy atom. The summed E-state index contributed by atoms with van der Waals surface area (Å²) in [4.78, 5) is 0. The van der Waals surface area contributed by atoms with E-state index in [4.69, 9.17) is 11.6 Å². The average molecular weight is 260 g/mol. The fourth-order valence-corrected chi connectivity index (χ4v) is 2.18. The van der Waals surface area contributed by atoms with Crippen molar-refractivity contribution in [2.24, 2.45) is 0 Å². The molecule has 0 aliphatic heterocycles. The summed E-state index contributed by atoms with van der Waals surface area (Å²) >= 11 is 6.11. The highest BCUT2D eigenvalue weighted by molar-refractivity contribution is 6.31. The van der Waals surface area contributed by atoms with Gasteiger partial charge in [-0.1, -0.05) is 54.1 Å². The summed E-state index contributed by atoms with van der Waals surface area (Å²) in [6.45, 7) is 3.95. The molecule has 0 radical (unpaired) electrons. The lowest BCUT2D eigenvalue weighted by molar-refractivity contribution is 0.686. The highest BCUT2D eigenvalue weighted by Crippen LogP contribution is 2.14. The highest BCUT2D eigenvalue weighted by Gasteiger charge is 1.99. The Morgan fingerprint density at radius 2 is 1.61 bits per heavy atom. The molecule has 0 atom stereocenters. The van der Waals surface area contributed by atoms with E-state index in [9.17, 15) is 0 Å². The first-order chi connectivity index (χ1) is 8.77. The van der Waals surface area contributed by atoms with E-state index in [0.29, 0.717) is 0 Å². The van der Waals surface area contributed by atoms with Crippen molar-refractivity contribution in [1.82, 2.24) is 5.32 Å². The van der Waals surface area contributed by atoms with Crippen LogP contribution in [0.25, 0.3) is 0 Å². The molecule has 2 heteroatoms. The van der Waals surface area contributed by atoms with E-state index in [2.05, 4.69) is 42.6 Å². The van der Waals surface area contributed by atoms with Crippen LogP contribution >= 0.6 is 11.6 Å². The predicted octanol–water partition coefficient (Wildman–Crippen LogP) is 3.98. The summed E-state index contributed by atoms with van der Waals surface area (Å²) in [5.41, 5.74) is 3.92. The maximum Gasteiger partial charge on any atom is 0.0450 e. The van der Waals surface area contributed by atoms with Gasteiger partial charge in [0.05, 0.1) is 0 Å². The van der Waals surface area contributed by atoms with Crippen LogP contribution in [0.3, 0.4) is 0 Å². The molecule has 0 aromatic heterocycles. The topological polar surface area (TPSA) is 12.0 Å². The molecule has 94 valence electrons. The molecule has 1 nitrogen and oxygen atoms in total. The van der Waals surface area contributed by atoms with Crippen LogP contribution in [-0.2, 0) is 13.0 Å². The Hall–Kier alpha value is -1.31. The molecule has 0 amide bonds. The van der Waals surface area contributed by atoms with Crippen molar-refractivity contribution in [3.8, 4) is 0 Å². The largest absolute Gasteiger partial charge is 0.312 e. The van der Waals surface area contributed by atoms with Crippen molar-refractivity contribution in [2.45, 2.75) is 19.9 Å². The molecule has 2 aromatic carbocycles. The first kappa shape index (κ1) is 13.1. The van der Waals surface area contributed by atoms with Gasteiger partial charge in [-0.3, -0.25) is 0 Å². The van der Waals surface area contributed by atoms with Crippen LogP contribution in [0.5, 0.6) is 0 Å². The van der Waals surface area contributed by atoms with Crippen LogP contribution in [0.1, 0.15) is 16.7 Å². The maximum absolute atomic E-state index is 6.11. The van der Waals surface area contributed by atoms with Crippen molar-refractivity contribution in [3.63, 3.8) is 0 Å². The zero-order valence-corrected chi connectivity index (χ0v) is 11.4. The smallest absolute Gasteiger partial charge is 0.0450 e. The Morgan fingerprint density at radius 1 is 0.944 bits per heavy atom. The van der Waals surface area contributed by atoms with Gasteiger partial charge in [0, 0.05) is 11.6 Å². The molecule has 0 aliphatic carbocycles. The SMILES string of the molecule is Cc1ccccc1CCNCc1ccccc1Cl. The molecule has 0 fully saturated rings. The standard InChI is InChI=1S/C16H18ClN/c1-13-6-2-3-7-14(13)10-11-18-12-15-8-4-5-9-16(15)17/h2-9,18H,10-12H2,1H3. The molecule has 1 N–H and O–H groups in total. The van der Waals surface area contributed by atoms with Crippen molar-refractivity contribution in [1.29, 1.82) is 0 Å². The number of hydrogen-bond donors (Lipinski definition) is 1. The van der Waals surface area contributed by atoms with Gasteiger partial charge in [0.2, 0.25) is 0 Å². The average Bonchev–Trinajstić information content (AvgIpc) is 2.38. The molecular weight excluding hydrogens is 242 g/mol. The van der Waals surface area contributed by atoms with Crippen LogP contribution in [0.4, 0.5) is 0 Å².